The number of carbonyl (C=O) groups excluding carboxylic acids is 1. The van der Waals surface area contributed by atoms with Gasteiger partial charge in [0.25, 0.3) is 0 Å². The van der Waals surface area contributed by atoms with E-state index in [1.54, 1.807) is 12.4 Å². The summed E-state index contributed by atoms with van der Waals surface area (Å²) < 4.78 is 0. The third-order valence-electron chi connectivity index (χ3n) is 2.78. The molecule has 0 saturated carbocycles. The van der Waals surface area contributed by atoms with Crippen molar-refractivity contribution >= 4 is 11.7 Å². The maximum atomic E-state index is 11.7. The van der Waals surface area contributed by atoms with Crippen LogP contribution in [0.5, 0.6) is 0 Å². The molecule has 3 N–H and O–H groups in total. The van der Waals surface area contributed by atoms with Gasteiger partial charge in [0.05, 0.1) is 6.54 Å². The average Bonchev–Trinajstić information content (AvgIpc) is 2.90. The van der Waals surface area contributed by atoms with Crippen molar-refractivity contribution in [1.29, 1.82) is 0 Å². The Balaban J connectivity index is 1.89. The number of aromatic nitrogens is 2. The number of hydrogen-bond acceptors (Lipinski definition) is 2. The van der Waals surface area contributed by atoms with Gasteiger partial charge in [-0.2, -0.15) is 0 Å². The van der Waals surface area contributed by atoms with Crippen LogP contribution in [0.2, 0.25) is 0 Å². The minimum Gasteiger partial charge on any atom is -0.347 e. The molecule has 2 aromatic rings. The number of rotatable bonds is 4. The third-order valence-corrected chi connectivity index (χ3v) is 2.78. The van der Waals surface area contributed by atoms with E-state index in [9.17, 15) is 4.79 Å². The number of urea groups is 1. The van der Waals surface area contributed by atoms with Crippen LogP contribution in [0.3, 0.4) is 0 Å². The number of aromatic amines is 1. The number of carbonyl (C=O) groups is 1. The Kier molecular flexibility index (Phi) is 4.18. The van der Waals surface area contributed by atoms with Crippen molar-refractivity contribution in [3.63, 3.8) is 0 Å². The van der Waals surface area contributed by atoms with Crippen LogP contribution >= 0.6 is 0 Å². The molecule has 100 valence electrons. The molecule has 0 aliphatic heterocycles. The largest absolute Gasteiger partial charge is 0.347 e. The number of H-pyrrole nitrogens is 1. The summed E-state index contributed by atoms with van der Waals surface area (Å²) in [5, 5.41) is 5.55. The molecule has 0 atom stereocenters. The third kappa shape index (κ3) is 3.84. The van der Waals surface area contributed by atoms with Gasteiger partial charge in [-0.3, -0.25) is 0 Å². The fraction of sp³-hybridized carbons (Fsp3) is 0.286. The molecule has 1 aromatic carbocycles. The van der Waals surface area contributed by atoms with E-state index >= 15 is 0 Å². The number of nitrogens with zero attached hydrogens (tertiary/aromatic N) is 1. The van der Waals surface area contributed by atoms with Crippen LogP contribution in [0.1, 0.15) is 31.2 Å². The molecule has 19 heavy (non-hydrogen) atoms. The predicted octanol–water partition coefficient (Wildman–Crippen LogP) is 2.85. The van der Waals surface area contributed by atoms with Gasteiger partial charge in [0.1, 0.15) is 5.82 Å². The van der Waals surface area contributed by atoms with Gasteiger partial charge in [0.15, 0.2) is 0 Å². The van der Waals surface area contributed by atoms with Crippen molar-refractivity contribution in [2.24, 2.45) is 0 Å². The van der Waals surface area contributed by atoms with Crippen molar-refractivity contribution in [1.82, 2.24) is 15.3 Å². The zero-order valence-electron chi connectivity index (χ0n) is 11.1. The summed E-state index contributed by atoms with van der Waals surface area (Å²) in [4.78, 5) is 18.7. The Morgan fingerprint density at radius 1 is 1.42 bits per heavy atom. The molecule has 1 aromatic heterocycles. The second kappa shape index (κ2) is 6.04. The van der Waals surface area contributed by atoms with Gasteiger partial charge in [-0.15, -0.1) is 0 Å². The van der Waals surface area contributed by atoms with Crippen molar-refractivity contribution in [3.05, 3.63) is 48.0 Å². The van der Waals surface area contributed by atoms with E-state index in [1.807, 2.05) is 18.2 Å². The lowest BCUT2D eigenvalue weighted by atomic mass is 10.0. The molecule has 5 nitrogen and oxygen atoms in total. The van der Waals surface area contributed by atoms with Crippen molar-refractivity contribution in [3.8, 4) is 0 Å². The molecule has 0 unspecified atom stereocenters. The van der Waals surface area contributed by atoms with Crippen molar-refractivity contribution in [2.45, 2.75) is 26.3 Å². The lowest BCUT2D eigenvalue weighted by molar-refractivity contribution is 0.251. The molecule has 0 spiro atoms. The van der Waals surface area contributed by atoms with Crippen LogP contribution in [-0.2, 0) is 6.54 Å². The number of anilines is 1. The lowest BCUT2D eigenvalue weighted by Gasteiger charge is -2.10. The average molecular weight is 258 g/mol. The van der Waals surface area contributed by atoms with Crippen LogP contribution in [0, 0.1) is 0 Å². The summed E-state index contributed by atoms with van der Waals surface area (Å²) in [6, 6.07) is 7.61. The standard InChI is InChI=1S/C14H18N4O/c1-10(2)11-4-3-5-12(8-11)18-14(19)17-9-13-15-6-7-16-13/h3-8,10H,9H2,1-2H3,(H,15,16)(H2,17,18,19). The molecule has 0 aliphatic carbocycles. The first kappa shape index (κ1) is 13.1. The SMILES string of the molecule is CC(C)c1cccc(NC(=O)NCc2ncc[nH]2)c1. The number of imidazole rings is 1. The Hall–Kier alpha value is -2.30. The summed E-state index contributed by atoms with van der Waals surface area (Å²) in [5.74, 6) is 1.17. The fourth-order valence-corrected chi connectivity index (χ4v) is 1.71. The summed E-state index contributed by atoms with van der Waals surface area (Å²) in [5.41, 5.74) is 1.99. The number of hydrogen-bond donors (Lipinski definition) is 3. The predicted molar refractivity (Wildman–Crippen MR) is 75.0 cm³/mol. The van der Waals surface area contributed by atoms with Gasteiger partial charge < -0.3 is 15.6 Å². The molecule has 5 heteroatoms. The van der Waals surface area contributed by atoms with E-state index in [0.717, 1.165) is 11.5 Å². The van der Waals surface area contributed by atoms with E-state index in [-0.39, 0.29) is 6.03 Å². The Labute approximate surface area is 112 Å². The monoisotopic (exact) mass is 258 g/mol. The molecule has 2 rings (SSSR count). The molecule has 1 heterocycles. The van der Waals surface area contributed by atoms with Gasteiger partial charge >= 0.3 is 6.03 Å². The van der Waals surface area contributed by atoms with E-state index in [4.69, 9.17) is 0 Å². The maximum Gasteiger partial charge on any atom is 0.319 e. The summed E-state index contributed by atoms with van der Waals surface area (Å²) in [7, 11) is 0. The summed E-state index contributed by atoms with van der Waals surface area (Å²) >= 11 is 0. The van der Waals surface area contributed by atoms with Crippen LogP contribution in [0.25, 0.3) is 0 Å². The molecular formula is C14H18N4O. The Bertz CT molecular complexity index is 534. The summed E-state index contributed by atoms with van der Waals surface area (Å²) in [6.07, 6.45) is 3.38. The minimum absolute atomic E-state index is 0.239. The highest BCUT2D eigenvalue weighted by Crippen LogP contribution is 2.18. The topological polar surface area (TPSA) is 69.8 Å². The van der Waals surface area contributed by atoms with Gasteiger partial charge in [-0.1, -0.05) is 26.0 Å². The fourth-order valence-electron chi connectivity index (χ4n) is 1.71. The number of benzene rings is 1. The van der Waals surface area contributed by atoms with Gasteiger partial charge in [0, 0.05) is 18.1 Å². The zero-order valence-corrected chi connectivity index (χ0v) is 11.1. The number of nitrogens with one attached hydrogen (secondary N) is 3. The van der Waals surface area contributed by atoms with Crippen LogP contribution in [0.4, 0.5) is 10.5 Å². The molecule has 0 radical (unpaired) electrons. The first-order valence-corrected chi connectivity index (χ1v) is 6.28. The quantitative estimate of drug-likeness (QED) is 0.789. The van der Waals surface area contributed by atoms with E-state index in [0.29, 0.717) is 12.5 Å². The molecule has 0 fully saturated rings. The first-order valence-electron chi connectivity index (χ1n) is 6.28. The van der Waals surface area contributed by atoms with Gasteiger partial charge in [-0.05, 0) is 23.6 Å². The normalized spacial score (nSPS) is 10.5. The molecule has 0 aliphatic rings. The number of amides is 2. The van der Waals surface area contributed by atoms with Gasteiger partial charge in [-0.25, -0.2) is 9.78 Å². The highest BCUT2D eigenvalue weighted by atomic mass is 16.2. The van der Waals surface area contributed by atoms with E-state index in [1.165, 1.54) is 5.56 Å². The van der Waals surface area contributed by atoms with Crippen LogP contribution < -0.4 is 10.6 Å². The molecule has 0 bridgehead atoms. The lowest BCUT2D eigenvalue weighted by Crippen LogP contribution is -2.28. The summed E-state index contributed by atoms with van der Waals surface area (Å²) in [6.45, 7) is 4.62. The minimum atomic E-state index is -0.239. The Morgan fingerprint density at radius 2 is 2.26 bits per heavy atom. The van der Waals surface area contributed by atoms with Crippen molar-refractivity contribution < 1.29 is 4.79 Å². The van der Waals surface area contributed by atoms with Crippen molar-refractivity contribution in [2.75, 3.05) is 5.32 Å². The van der Waals surface area contributed by atoms with E-state index in [2.05, 4.69) is 40.5 Å². The zero-order chi connectivity index (χ0) is 13.7. The Morgan fingerprint density at radius 3 is 2.95 bits per heavy atom. The van der Waals surface area contributed by atoms with Crippen LogP contribution in [0.15, 0.2) is 36.7 Å². The second-order valence-electron chi connectivity index (χ2n) is 4.62. The highest BCUT2D eigenvalue weighted by Gasteiger charge is 2.04. The smallest absolute Gasteiger partial charge is 0.319 e. The second-order valence-corrected chi connectivity index (χ2v) is 4.62. The van der Waals surface area contributed by atoms with E-state index < -0.39 is 0 Å². The molecule has 2 amide bonds. The maximum absolute atomic E-state index is 11.7. The molecular weight excluding hydrogens is 240 g/mol. The highest BCUT2D eigenvalue weighted by molar-refractivity contribution is 5.89. The molecule has 0 saturated heterocycles. The first-order chi connectivity index (χ1) is 9.15. The van der Waals surface area contributed by atoms with Crippen LogP contribution in [-0.4, -0.2) is 16.0 Å². The van der Waals surface area contributed by atoms with Gasteiger partial charge in [0.2, 0.25) is 0 Å².